The van der Waals surface area contributed by atoms with Crippen LogP contribution >= 0.6 is 0 Å². The Bertz CT molecular complexity index is 1050. The van der Waals surface area contributed by atoms with Crippen molar-refractivity contribution < 1.29 is 4.79 Å². The molecule has 1 heterocycles. The molecule has 0 aliphatic rings. The second-order valence-corrected chi connectivity index (χ2v) is 7.37. The first-order chi connectivity index (χ1) is 14.7. The lowest BCUT2D eigenvalue weighted by molar-refractivity contribution is -0.121. The van der Waals surface area contributed by atoms with Gasteiger partial charge in [-0.2, -0.15) is 0 Å². The molecule has 0 spiro atoms. The smallest absolute Gasteiger partial charge is 0.221 e. The molecule has 1 amide bonds. The van der Waals surface area contributed by atoms with Crippen molar-refractivity contribution in [3.63, 3.8) is 0 Å². The lowest BCUT2D eigenvalue weighted by atomic mass is 9.88. The Labute approximate surface area is 177 Å². The molecule has 4 nitrogen and oxygen atoms in total. The number of benzene rings is 3. The van der Waals surface area contributed by atoms with Crippen LogP contribution in [0.1, 0.15) is 34.9 Å². The highest BCUT2D eigenvalue weighted by molar-refractivity contribution is 5.77. The standard InChI is InChI=1S/C26H25N3O/c1-20-27-16-17-29(20)24-14-12-21(13-15-24)19-28-26(30)18-25(22-8-4-2-5-9-22)23-10-6-3-7-11-23/h2-17,25H,18-19H2,1H3,(H,28,30). The van der Waals surface area contributed by atoms with Crippen molar-refractivity contribution in [2.45, 2.75) is 25.8 Å². The summed E-state index contributed by atoms with van der Waals surface area (Å²) in [6.07, 6.45) is 4.15. The third-order valence-corrected chi connectivity index (χ3v) is 5.32. The number of amides is 1. The van der Waals surface area contributed by atoms with Gasteiger partial charge in [0.25, 0.3) is 0 Å². The van der Waals surface area contributed by atoms with Gasteiger partial charge in [0.05, 0.1) is 0 Å². The van der Waals surface area contributed by atoms with Crippen molar-refractivity contribution >= 4 is 5.91 Å². The van der Waals surface area contributed by atoms with E-state index in [0.29, 0.717) is 13.0 Å². The molecule has 4 aromatic rings. The Morgan fingerprint density at radius 1 is 0.900 bits per heavy atom. The molecule has 4 rings (SSSR count). The number of aryl methyl sites for hydroxylation is 1. The number of nitrogens with zero attached hydrogens (tertiary/aromatic N) is 2. The second-order valence-electron chi connectivity index (χ2n) is 7.37. The van der Waals surface area contributed by atoms with Crippen LogP contribution in [0, 0.1) is 6.92 Å². The summed E-state index contributed by atoms with van der Waals surface area (Å²) in [7, 11) is 0. The van der Waals surface area contributed by atoms with Gasteiger partial charge in [-0.05, 0) is 35.7 Å². The Kier molecular flexibility index (Phi) is 6.04. The van der Waals surface area contributed by atoms with Crippen molar-refractivity contribution in [2.75, 3.05) is 0 Å². The molecule has 4 heteroatoms. The average molecular weight is 396 g/mol. The van der Waals surface area contributed by atoms with Gasteiger partial charge in [0, 0.05) is 37.0 Å². The molecule has 0 aliphatic heterocycles. The molecular formula is C26H25N3O. The summed E-state index contributed by atoms with van der Waals surface area (Å²) in [6, 6.07) is 28.6. The van der Waals surface area contributed by atoms with Gasteiger partial charge in [-0.3, -0.25) is 4.79 Å². The van der Waals surface area contributed by atoms with Gasteiger partial charge in [0.15, 0.2) is 0 Å². The van der Waals surface area contributed by atoms with Crippen LogP contribution in [-0.2, 0) is 11.3 Å². The van der Waals surface area contributed by atoms with Gasteiger partial charge in [0.1, 0.15) is 5.82 Å². The third kappa shape index (κ3) is 4.66. The maximum atomic E-state index is 12.7. The fourth-order valence-electron chi connectivity index (χ4n) is 3.68. The molecule has 0 radical (unpaired) electrons. The molecule has 30 heavy (non-hydrogen) atoms. The molecular weight excluding hydrogens is 370 g/mol. The topological polar surface area (TPSA) is 46.9 Å². The fraction of sp³-hybridized carbons (Fsp3) is 0.154. The first kappa shape index (κ1) is 19.6. The van der Waals surface area contributed by atoms with Crippen LogP contribution in [0.25, 0.3) is 5.69 Å². The summed E-state index contributed by atoms with van der Waals surface area (Å²) in [5.74, 6) is 1.03. The summed E-state index contributed by atoms with van der Waals surface area (Å²) < 4.78 is 2.03. The summed E-state index contributed by atoms with van der Waals surface area (Å²) >= 11 is 0. The summed E-state index contributed by atoms with van der Waals surface area (Å²) in [6.45, 7) is 2.49. The maximum absolute atomic E-state index is 12.7. The fourth-order valence-corrected chi connectivity index (χ4v) is 3.68. The average Bonchev–Trinajstić information content (AvgIpc) is 3.23. The summed E-state index contributed by atoms with van der Waals surface area (Å²) in [5.41, 5.74) is 4.44. The highest BCUT2D eigenvalue weighted by Crippen LogP contribution is 2.27. The van der Waals surface area contributed by atoms with Gasteiger partial charge < -0.3 is 9.88 Å². The van der Waals surface area contributed by atoms with E-state index in [1.807, 2.05) is 78.4 Å². The van der Waals surface area contributed by atoms with Gasteiger partial charge in [-0.25, -0.2) is 4.98 Å². The third-order valence-electron chi connectivity index (χ3n) is 5.32. The Hall–Kier alpha value is -3.66. The number of carbonyl (C=O) groups excluding carboxylic acids is 1. The number of hydrogen-bond donors (Lipinski definition) is 1. The molecule has 0 saturated carbocycles. The minimum atomic E-state index is 0.0407. The van der Waals surface area contributed by atoms with E-state index in [0.717, 1.165) is 28.2 Å². The minimum absolute atomic E-state index is 0.0407. The van der Waals surface area contributed by atoms with Crippen molar-refractivity contribution in [3.05, 3.63) is 120 Å². The van der Waals surface area contributed by atoms with Crippen molar-refractivity contribution in [1.29, 1.82) is 0 Å². The number of imidazole rings is 1. The van der Waals surface area contributed by atoms with Gasteiger partial charge in [-0.1, -0.05) is 72.8 Å². The molecule has 0 bridgehead atoms. The highest BCUT2D eigenvalue weighted by atomic mass is 16.1. The van der Waals surface area contributed by atoms with Crippen LogP contribution in [0.4, 0.5) is 0 Å². The molecule has 1 N–H and O–H groups in total. The Morgan fingerprint density at radius 2 is 1.50 bits per heavy atom. The normalized spacial score (nSPS) is 10.9. The molecule has 0 atom stereocenters. The number of carbonyl (C=O) groups is 1. The Morgan fingerprint density at radius 3 is 2.03 bits per heavy atom. The van der Waals surface area contributed by atoms with E-state index in [9.17, 15) is 4.79 Å². The van der Waals surface area contributed by atoms with Crippen LogP contribution in [0.2, 0.25) is 0 Å². The van der Waals surface area contributed by atoms with Crippen LogP contribution in [-0.4, -0.2) is 15.5 Å². The number of rotatable bonds is 7. The van der Waals surface area contributed by atoms with Gasteiger partial charge in [0.2, 0.25) is 5.91 Å². The van der Waals surface area contributed by atoms with Crippen LogP contribution in [0.5, 0.6) is 0 Å². The second kappa shape index (κ2) is 9.23. The van der Waals surface area contributed by atoms with Crippen LogP contribution < -0.4 is 5.32 Å². The summed E-state index contributed by atoms with van der Waals surface area (Å²) in [4.78, 5) is 17.0. The quantitative estimate of drug-likeness (QED) is 0.478. The van der Waals surface area contributed by atoms with Gasteiger partial charge in [-0.15, -0.1) is 0 Å². The number of aromatic nitrogens is 2. The molecule has 0 aliphatic carbocycles. The van der Waals surface area contributed by atoms with Crippen molar-refractivity contribution in [3.8, 4) is 5.69 Å². The minimum Gasteiger partial charge on any atom is -0.352 e. The zero-order chi connectivity index (χ0) is 20.8. The zero-order valence-electron chi connectivity index (χ0n) is 17.0. The molecule has 1 aromatic heterocycles. The predicted molar refractivity (Wildman–Crippen MR) is 119 cm³/mol. The van der Waals surface area contributed by atoms with Gasteiger partial charge >= 0.3 is 0 Å². The van der Waals surface area contributed by atoms with E-state index in [4.69, 9.17) is 0 Å². The monoisotopic (exact) mass is 395 g/mol. The molecule has 0 unspecified atom stereocenters. The van der Waals surface area contributed by atoms with Crippen LogP contribution in [0.15, 0.2) is 97.3 Å². The molecule has 3 aromatic carbocycles. The molecule has 150 valence electrons. The van der Waals surface area contributed by atoms with Crippen LogP contribution in [0.3, 0.4) is 0 Å². The zero-order valence-corrected chi connectivity index (χ0v) is 17.0. The molecule has 0 fully saturated rings. The highest BCUT2D eigenvalue weighted by Gasteiger charge is 2.17. The first-order valence-electron chi connectivity index (χ1n) is 10.2. The number of hydrogen-bond acceptors (Lipinski definition) is 2. The largest absolute Gasteiger partial charge is 0.352 e. The van der Waals surface area contributed by atoms with Crippen molar-refractivity contribution in [1.82, 2.24) is 14.9 Å². The van der Waals surface area contributed by atoms with Crippen molar-refractivity contribution in [2.24, 2.45) is 0 Å². The lowest BCUT2D eigenvalue weighted by Crippen LogP contribution is -2.25. The Balaban J connectivity index is 1.41. The van der Waals surface area contributed by atoms with E-state index >= 15 is 0 Å². The van der Waals surface area contributed by atoms with E-state index in [-0.39, 0.29) is 11.8 Å². The number of nitrogens with one attached hydrogen (secondary N) is 1. The van der Waals surface area contributed by atoms with E-state index in [1.165, 1.54) is 0 Å². The lowest BCUT2D eigenvalue weighted by Gasteiger charge is -2.18. The predicted octanol–water partition coefficient (Wildman–Crippen LogP) is 5.02. The summed E-state index contributed by atoms with van der Waals surface area (Å²) in [5, 5.41) is 3.08. The molecule has 0 saturated heterocycles. The van der Waals surface area contributed by atoms with E-state index in [1.54, 1.807) is 6.20 Å². The van der Waals surface area contributed by atoms with E-state index < -0.39 is 0 Å². The first-order valence-corrected chi connectivity index (χ1v) is 10.2. The van der Waals surface area contributed by atoms with E-state index in [2.05, 4.69) is 34.6 Å². The maximum Gasteiger partial charge on any atom is 0.221 e. The SMILES string of the molecule is Cc1nccn1-c1ccc(CNC(=O)CC(c2ccccc2)c2ccccc2)cc1.